The summed E-state index contributed by atoms with van der Waals surface area (Å²) in [6.45, 7) is 0. The van der Waals surface area contributed by atoms with Crippen LogP contribution in [0, 0.1) is 34.0 Å². The van der Waals surface area contributed by atoms with Crippen molar-refractivity contribution < 1.29 is 9.47 Å². The Morgan fingerprint density at radius 2 is 1.60 bits per heavy atom. The zero-order valence-electron chi connectivity index (χ0n) is 13.1. The van der Waals surface area contributed by atoms with Crippen LogP contribution in [0.2, 0.25) is 5.02 Å². The van der Waals surface area contributed by atoms with Crippen molar-refractivity contribution in [1.82, 2.24) is 0 Å². The van der Waals surface area contributed by atoms with Crippen LogP contribution < -0.4 is 14.8 Å². The Morgan fingerprint density at radius 1 is 0.960 bits per heavy atom. The molecule has 0 amide bonds. The molecule has 0 aliphatic carbocycles. The van der Waals surface area contributed by atoms with Gasteiger partial charge in [0.05, 0.1) is 12.1 Å². The molecule has 122 valence electrons. The van der Waals surface area contributed by atoms with Crippen LogP contribution in [-0.2, 0) is 0 Å². The third kappa shape index (κ3) is 4.42. The first-order valence-electron chi connectivity index (χ1n) is 6.94. The number of hydrogen-bond donors (Lipinski definition) is 1. The second-order valence-electron chi connectivity index (χ2n) is 4.63. The molecule has 2 rings (SSSR count). The lowest BCUT2D eigenvalue weighted by Crippen LogP contribution is -2.00. The Morgan fingerprint density at radius 3 is 2.12 bits per heavy atom. The first kappa shape index (κ1) is 17.7. The van der Waals surface area contributed by atoms with Gasteiger partial charge in [0.15, 0.2) is 5.57 Å². The highest BCUT2D eigenvalue weighted by atomic mass is 35.5. The van der Waals surface area contributed by atoms with Gasteiger partial charge in [-0.15, -0.1) is 0 Å². The maximum absolute atomic E-state index is 9.04. The highest BCUT2D eigenvalue weighted by molar-refractivity contribution is 6.32. The Hall–Kier alpha value is -3.66. The van der Waals surface area contributed by atoms with Gasteiger partial charge < -0.3 is 14.8 Å². The Labute approximate surface area is 149 Å². The highest BCUT2D eigenvalue weighted by Gasteiger charge is 2.09. The largest absolute Gasteiger partial charge is 0.497 e. The minimum atomic E-state index is -0.308. The maximum Gasteiger partial charge on any atom is 0.163 e. The number of nitriles is 3. The molecule has 0 saturated heterocycles. The molecular formula is C18H11ClN4O2. The topological polar surface area (TPSA) is 102 Å². The number of halogens is 1. The van der Waals surface area contributed by atoms with Crippen LogP contribution in [0.15, 0.2) is 53.7 Å². The fourth-order valence-electron chi connectivity index (χ4n) is 1.86. The monoisotopic (exact) mass is 350 g/mol. The van der Waals surface area contributed by atoms with Crippen molar-refractivity contribution in [2.75, 3.05) is 12.4 Å². The summed E-state index contributed by atoms with van der Waals surface area (Å²) in [6.07, 6.45) is 0. The van der Waals surface area contributed by atoms with E-state index in [-0.39, 0.29) is 11.3 Å². The molecule has 1 N–H and O–H groups in total. The van der Waals surface area contributed by atoms with Crippen LogP contribution >= 0.6 is 11.6 Å². The number of nitrogens with one attached hydrogen (secondary N) is 1. The number of rotatable bonds is 5. The summed E-state index contributed by atoms with van der Waals surface area (Å²) in [7, 11) is 1.58. The third-order valence-corrected chi connectivity index (χ3v) is 3.37. The quantitative estimate of drug-likeness (QED) is 0.803. The van der Waals surface area contributed by atoms with Gasteiger partial charge in [-0.05, 0) is 42.5 Å². The van der Waals surface area contributed by atoms with Gasteiger partial charge in [0.25, 0.3) is 0 Å². The summed E-state index contributed by atoms with van der Waals surface area (Å²) in [5.41, 5.74) is -0.00583. The van der Waals surface area contributed by atoms with Gasteiger partial charge >= 0.3 is 0 Å². The summed E-state index contributed by atoms with van der Waals surface area (Å²) in [5, 5.41) is 29.7. The molecule has 2 aromatic rings. The Balaban J connectivity index is 2.21. The molecule has 2 aromatic carbocycles. The van der Waals surface area contributed by atoms with Crippen LogP contribution in [0.1, 0.15) is 0 Å². The van der Waals surface area contributed by atoms with E-state index in [1.54, 1.807) is 61.7 Å². The summed E-state index contributed by atoms with van der Waals surface area (Å²) < 4.78 is 10.8. The van der Waals surface area contributed by atoms with Crippen molar-refractivity contribution in [1.29, 1.82) is 15.8 Å². The summed E-state index contributed by atoms with van der Waals surface area (Å²) in [4.78, 5) is 0. The van der Waals surface area contributed by atoms with Crippen molar-refractivity contribution in [3.63, 3.8) is 0 Å². The van der Waals surface area contributed by atoms with E-state index in [4.69, 9.17) is 36.9 Å². The second kappa shape index (κ2) is 8.26. The van der Waals surface area contributed by atoms with Gasteiger partial charge in [-0.25, -0.2) is 0 Å². The standard InChI is InChI=1S/C18H11ClN4O2/c1-24-14-3-5-15(6-4-14)25-18-7-2-13(8-16(18)19)23-17(11-22)12(9-20)10-21/h2-8,23H,1H3. The predicted molar refractivity (Wildman–Crippen MR) is 92.0 cm³/mol. The number of ether oxygens (including phenoxy) is 2. The normalized spacial score (nSPS) is 9.08. The zero-order valence-corrected chi connectivity index (χ0v) is 13.8. The number of benzene rings is 2. The molecule has 0 bridgehead atoms. The van der Waals surface area contributed by atoms with E-state index in [0.717, 1.165) is 0 Å². The van der Waals surface area contributed by atoms with Gasteiger partial charge in [0.1, 0.15) is 41.2 Å². The minimum absolute atomic E-state index is 0.148. The van der Waals surface area contributed by atoms with Gasteiger partial charge in [-0.1, -0.05) is 11.6 Å². The van der Waals surface area contributed by atoms with E-state index in [1.807, 2.05) is 0 Å². The zero-order chi connectivity index (χ0) is 18.2. The number of methoxy groups -OCH3 is 1. The number of allylic oxidation sites excluding steroid dienone is 2. The molecular weight excluding hydrogens is 340 g/mol. The van der Waals surface area contributed by atoms with Crippen LogP contribution in [0.4, 0.5) is 5.69 Å². The van der Waals surface area contributed by atoms with Gasteiger partial charge in [0.2, 0.25) is 0 Å². The molecule has 0 radical (unpaired) electrons. The maximum atomic E-state index is 9.04. The smallest absolute Gasteiger partial charge is 0.163 e. The first-order chi connectivity index (χ1) is 12.1. The van der Waals surface area contributed by atoms with Crippen molar-refractivity contribution in [3.05, 3.63) is 58.8 Å². The molecule has 7 heteroatoms. The van der Waals surface area contributed by atoms with E-state index in [1.165, 1.54) is 6.07 Å². The first-order valence-corrected chi connectivity index (χ1v) is 7.32. The van der Waals surface area contributed by atoms with Crippen LogP contribution in [-0.4, -0.2) is 7.11 Å². The van der Waals surface area contributed by atoms with E-state index in [9.17, 15) is 0 Å². The molecule has 6 nitrogen and oxygen atoms in total. The average molecular weight is 351 g/mol. The summed E-state index contributed by atoms with van der Waals surface area (Å²) >= 11 is 6.19. The number of nitrogens with zero attached hydrogens (tertiary/aromatic N) is 3. The summed E-state index contributed by atoms with van der Waals surface area (Å²) in [5.74, 6) is 1.71. The molecule has 0 heterocycles. The lowest BCUT2D eigenvalue weighted by Gasteiger charge is -2.10. The molecule has 0 unspecified atom stereocenters. The second-order valence-corrected chi connectivity index (χ2v) is 5.04. The van der Waals surface area contributed by atoms with Crippen molar-refractivity contribution in [2.24, 2.45) is 0 Å². The predicted octanol–water partition coefficient (Wildman–Crippen LogP) is 4.38. The summed E-state index contributed by atoms with van der Waals surface area (Å²) in [6, 6.07) is 16.8. The molecule has 0 aromatic heterocycles. The van der Waals surface area contributed by atoms with Gasteiger partial charge in [-0.3, -0.25) is 0 Å². The van der Waals surface area contributed by atoms with Crippen molar-refractivity contribution in [3.8, 4) is 35.5 Å². The fraction of sp³-hybridized carbons (Fsp3) is 0.0556. The van der Waals surface area contributed by atoms with Crippen LogP contribution in [0.3, 0.4) is 0 Å². The van der Waals surface area contributed by atoms with E-state index in [0.29, 0.717) is 28.0 Å². The molecule has 0 fully saturated rings. The number of anilines is 1. The van der Waals surface area contributed by atoms with E-state index < -0.39 is 0 Å². The molecule has 0 atom stereocenters. The Bertz CT molecular complexity index is 916. The Kier molecular flexibility index (Phi) is 5.85. The van der Waals surface area contributed by atoms with Gasteiger partial charge in [0, 0.05) is 5.69 Å². The third-order valence-electron chi connectivity index (χ3n) is 3.07. The van der Waals surface area contributed by atoms with Crippen molar-refractivity contribution in [2.45, 2.75) is 0 Å². The molecule has 0 aliphatic heterocycles. The number of hydrogen-bond acceptors (Lipinski definition) is 6. The van der Waals surface area contributed by atoms with Gasteiger partial charge in [-0.2, -0.15) is 15.8 Å². The average Bonchev–Trinajstić information content (AvgIpc) is 2.64. The highest BCUT2D eigenvalue weighted by Crippen LogP contribution is 2.32. The molecule has 0 saturated carbocycles. The van der Waals surface area contributed by atoms with E-state index in [2.05, 4.69) is 5.32 Å². The lowest BCUT2D eigenvalue weighted by molar-refractivity contribution is 0.413. The molecule has 0 spiro atoms. The minimum Gasteiger partial charge on any atom is -0.497 e. The SMILES string of the molecule is COc1ccc(Oc2ccc(NC(C#N)=C(C#N)C#N)cc2Cl)cc1. The fourth-order valence-corrected chi connectivity index (χ4v) is 2.08. The molecule has 0 aliphatic rings. The lowest BCUT2D eigenvalue weighted by atomic mass is 10.2. The molecule has 25 heavy (non-hydrogen) atoms. The van der Waals surface area contributed by atoms with Crippen molar-refractivity contribution >= 4 is 17.3 Å². The van der Waals surface area contributed by atoms with Crippen LogP contribution in [0.25, 0.3) is 0 Å². The van der Waals surface area contributed by atoms with E-state index >= 15 is 0 Å². The van der Waals surface area contributed by atoms with Crippen LogP contribution in [0.5, 0.6) is 17.2 Å².